The van der Waals surface area contributed by atoms with Crippen molar-refractivity contribution in [2.75, 3.05) is 58.2 Å². The number of nitrogens with one attached hydrogen (secondary N) is 1. The first-order valence-corrected chi connectivity index (χ1v) is 12.1. The Bertz CT molecular complexity index is 559. The molecule has 2 aliphatic rings. The molecule has 0 radical (unpaired) electrons. The third-order valence-electron chi connectivity index (χ3n) is 5.34. The fourth-order valence-corrected chi connectivity index (χ4v) is 5.75. The van der Waals surface area contributed by atoms with Crippen LogP contribution in [0.2, 0.25) is 0 Å². The maximum atomic E-state index is 5.60. The van der Waals surface area contributed by atoms with Crippen LogP contribution in [0.5, 0.6) is 0 Å². The molecular weight excluding hydrogens is 376 g/mol. The minimum absolute atomic E-state index is 0.259. The van der Waals surface area contributed by atoms with Gasteiger partial charge in [-0.3, -0.25) is 9.89 Å². The molecule has 0 atom stereocenters. The maximum Gasteiger partial charge on any atom is 0.194 e. The minimum atomic E-state index is 0.259. The Morgan fingerprint density at radius 2 is 2.04 bits per heavy atom. The summed E-state index contributed by atoms with van der Waals surface area (Å²) in [5.74, 6) is 2.24. The zero-order valence-electron chi connectivity index (χ0n) is 16.8. The van der Waals surface area contributed by atoms with E-state index in [0.717, 1.165) is 83.6 Å². The van der Waals surface area contributed by atoms with Crippen LogP contribution in [0.4, 0.5) is 0 Å². The number of hydrogen-bond donors (Lipinski definition) is 1. The first kappa shape index (κ1) is 21.0. The van der Waals surface area contributed by atoms with Crippen LogP contribution < -0.4 is 5.32 Å². The molecule has 1 aromatic heterocycles. The molecule has 1 N–H and O–H groups in total. The van der Waals surface area contributed by atoms with Crippen LogP contribution in [0, 0.1) is 0 Å². The summed E-state index contributed by atoms with van der Waals surface area (Å²) < 4.78 is 5.86. The highest BCUT2D eigenvalue weighted by Gasteiger charge is 2.33. The molecule has 3 rings (SSSR count). The van der Waals surface area contributed by atoms with Crippen LogP contribution in [0.15, 0.2) is 22.5 Å². The number of aliphatic imine (C=N–C) groups is 1. The SMILES string of the molecule is CCNC(=NCC1(SCC)CCOCC1)N1CCN(Cc2cccs2)CC1. The molecule has 0 saturated carbocycles. The van der Waals surface area contributed by atoms with Crippen molar-refractivity contribution < 1.29 is 4.74 Å². The Morgan fingerprint density at radius 1 is 1.26 bits per heavy atom. The van der Waals surface area contributed by atoms with Crippen molar-refractivity contribution in [3.05, 3.63) is 22.4 Å². The fraction of sp³-hybridized carbons (Fsp3) is 0.750. The van der Waals surface area contributed by atoms with E-state index in [1.807, 2.05) is 11.3 Å². The summed E-state index contributed by atoms with van der Waals surface area (Å²) in [6.45, 7) is 13.4. The van der Waals surface area contributed by atoms with Gasteiger partial charge in [0.1, 0.15) is 0 Å². The molecular formula is C20H34N4OS2. The van der Waals surface area contributed by atoms with E-state index in [2.05, 4.69) is 58.2 Å². The van der Waals surface area contributed by atoms with E-state index in [0.29, 0.717) is 0 Å². The van der Waals surface area contributed by atoms with E-state index in [4.69, 9.17) is 9.73 Å². The van der Waals surface area contributed by atoms with E-state index >= 15 is 0 Å². The highest BCUT2D eigenvalue weighted by molar-refractivity contribution is 8.00. The van der Waals surface area contributed by atoms with Gasteiger partial charge in [0.25, 0.3) is 0 Å². The number of guanidine groups is 1. The maximum absolute atomic E-state index is 5.60. The lowest BCUT2D eigenvalue weighted by atomic mass is 9.99. The van der Waals surface area contributed by atoms with Crippen molar-refractivity contribution >= 4 is 29.1 Å². The number of piperazine rings is 1. The molecule has 0 spiro atoms. The van der Waals surface area contributed by atoms with Gasteiger partial charge in [0.05, 0.1) is 6.54 Å². The van der Waals surface area contributed by atoms with Gasteiger partial charge in [-0.1, -0.05) is 13.0 Å². The molecule has 0 amide bonds. The molecule has 1 aromatic rings. The largest absolute Gasteiger partial charge is 0.381 e. The second-order valence-electron chi connectivity index (χ2n) is 7.24. The van der Waals surface area contributed by atoms with E-state index in [1.165, 1.54) is 4.88 Å². The third kappa shape index (κ3) is 6.11. The average molecular weight is 411 g/mol. The molecule has 7 heteroatoms. The quantitative estimate of drug-likeness (QED) is 0.552. The molecule has 0 aromatic carbocycles. The zero-order chi connectivity index (χ0) is 19.0. The summed E-state index contributed by atoms with van der Waals surface area (Å²) >= 11 is 3.92. The summed E-state index contributed by atoms with van der Waals surface area (Å²) in [6.07, 6.45) is 2.23. The van der Waals surface area contributed by atoms with Gasteiger partial charge in [0, 0.05) is 62.1 Å². The topological polar surface area (TPSA) is 40.1 Å². The summed E-state index contributed by atoms with van der Waals surface area (Å²) in [5, 5.41) is 5.70. The smallest absolute Gasteiger partial charge is 0.194 e. The second kappa shape index (κ2) is 10.7. The van der Waals surface area contributed by atoms with E-state index in [-0.39, 0.29) is 4.75 Å². The summed E-state index contributed by atoms with van der Waals surface area (Å²) in [4.78, 5) is 11.5. The zero-order valence-corrected chi connectivity index (χ0v) is 18.4. The highest BCUT2D eigenvalue weighted by atomic mass is 32.2. The monoisotopic (exact) mass is 410 g/mol. The highest BCUT2D eigenvalue weighted by Crippen LogP contribution is 2.35. The van der Waals surface area contributed by atoms with Crippen LogP contribution in [-0.2, 0) is 11.3 Å². The molecule has 5 nitrogen and oxygen atoms in total. The molecule has 0 bridgehead atoms. The normalized spacial score (nSPS) is 21.4. The number of rotatable bonds is 7. The Balaban J connectivity index is 1.57. The standard InChI is InChI=1S/C20H34N4OS2/c1-3-21-19(22-17-20(27-4-2)7-13-25-14-8-20)24-11-9-23(10-12-24)16-18-6-5-15-26-18/h5-6,15H,3-4,7-14,16-17H2,1-2H3,(H,21,22). The minimum Gasteiger partial charge on any atom is -0.381 e. The van der Waals surface area contributed by atoms with Crippen molar-refractivity contribution in [3.8, 4) is 0 Å². The van der Waals surface area contributed by atoms with Crippen molar-refractivity contribution in [1.82, 2.24) is 15.1 Å². The van der Waals surface area contributed by atoms with E-state index in [9.17, 15) is 0 Å². The van der Waals surface area contributed by atoms with Crippen LogP contribution in [-0.4, -0.2) is 78.7 Å². The van der Waals surface area contributed by atoms with Gasteiger partial charge in [-0.15, -0.1) is 11.3 Å². The van der Waals surface area contributed by atoms with Gasteiger partial charge < -0.3 is 15.0 Å². The lowest BCUT2D eigenvalue weighted by Gasteiger charge is -2.38. The molecule has 2 fully saturated rings. The van der Waals surface area contributed by atoms with E-state index < -0.39 is 0 Å². The van der Waals surface area contributed by atoms with Crippen LogP contribution >= 0.6 is 23.1 Å². The lowest BCUT2D eigenvalue weighted by Crippen LogP contribution is -2.52. The summed E-state index contributed by atoms with van der Waals surface area (Å²) in [6, 6.07) is 4.38. The Morgan fingerprint density at radius 3 is 2.67 bits per heavy atom. The number of ether oxygens (including phenoxy) is 1. The number of thioether (sulfide) groups is 1. The van der Waals surface area contributed by atoms with Crippen LogP contribution in [0.3, 0.4) is 0 Å². The Labute approximate surface area is 172 Å². The van der Waals surface area contributed by atoms with Gasteiger partial charge in [-0.05, 0) is 37.0 Å². The third-order valence-corrected chi connectivity index (χ3v) is 7.64. The van der Waals surface area contributed by atoms with Gasteiger partial charge in [-0.25, -0.2) is 0 Å². The molecule has 2 aliphatic heterocycles. The predicted octanol–water partition coefficient (Wildman–Crippen LogP) is 3.13. The lowest BCUT2D eigenvalue weighted by molar-refractivity contribution is 0.0792. The molecule has 3 heterocycles. The first-order valence-electron chi connectivity index (χ1n) is 10.2. The van der Waals surface area contributed by atoms with Crippen LogP contribution in [0.25, 0.3) is 0 Å². The first-order chi connectivity index (χ1) is 13.2. The molecule has 0 unspecified atom stereocenters. The summed E-state index contributed by atoms with van der Waals surface area (Å²) in [5.41, 5.74) is 0. The Hall–Kier alpha value is -0.760. The average Bonchev–Trinajstić information content (AvgIpc) is 3.20. The molecule has 0 aliphatic carbocycles. The van der Waals surface area contributed by atoms with Crippen molar-refractivity contribution in [3.63, 3.8) is 0 Å². The van der Waals surface area contributed by atoms with Gasteiger partial charge in [0.2, 0.25) is 0 Å². The van der Waals surface area contributed by atoms with Gasteiger partial charge in [-0.2, -0.15) is 11.8 Å². The second-order valence-corrected chi connectivity index (χ2v) is 10.0. The van der Waals surface area contributed by atoms with Crippen molar-refractivity contribution in [2.24, 2.45) is 4.99 Å². The molecule has 27 heavy (non-hydrogen) atoms. The van der Waals surface area contributed by atoms with E-state index in [1.54, 1.807) is 0 Å². The van der Waals surface area contributed by atoms with Gasteiger partial charge >= 0.3 is 0 Å². The molecule has 152 valence electrons. The number of nitrogens with zero attached hydrogens (tertiary/aromatic N) is 3. The van der Waals surface area contributed by atoms with Gasteiger partial charge in [0.15, 0.2) is 5.96 Å². The van der Waals surface area contributed by atoms with Crippen molar-refractivity contribution in [2.45, 2.75) is 38.0 Å². The Kier molecular flexibility index (Phi) is 8.30. The van der Waals surface area contributed by atoms with Crippen LogP contribution in [0.1, 0.15) is 31.6 Å². The van der Waals surface area contributed by atoms with Crippen molar-refractivity contribution in [1.29, 1.82) is 0 Å². The fourth-order valence-electron chi connectivity index (χ4n) is 3.78. The summed E-state index contributed by atoms with van der Waals surface area (Å²) in [7, 11) is 0. The number of thiophene rings is 1. The molecule has 2 saturated heterocycles. The predicted molar refractivity (Wildman–Crippen MR) is 118 cm³/mol. The number of hydrogen-bond acceptors (Lipinski definition) is 5.